The summed E-state index contributed by atoms with van der Waals surface area (Å²) in [7, 11) is 0. The van der Waals surface area contributed by atoms with E-state index < -0.39 is 0 Å². The van der Waals surface area contributed by atoms with Crippen LogP contribution < -0.4 is 10.1 Å². The number of pyridine rings is 1. The third-order valence-electron chi connectivity index (χ3n) is 6.05. The van der Waals surface area contributed by atoms with E-state index in [9.17, 15) is 5.26 Å². The van der Waals surface area contributed by atoms with Gasteiger partial charge in [0.2, 0.25) is 0 Å². The van der Waals surface area contributed by atoms with E-state index in [-0.39, 0.29) is 6.10 Å². The lowest BCUT2D eigenvalue weighted by atomic mass is 10.1. The third-order valence-corrected chi connectivity index (χ3v) is 6.05. The van der Waals surface area contributed by atoms with Crippen molar-refractivity contribution in [1.29, 1.82) is 5.26 Å². The number of nitrogens with one attached hydrogen (secondary N) is 1. The van der Waals surface area contributed by atoms with Crippen molar-refractivity contribution in [2.24, 2.45) is 0 Å². The third kappa shape index (κ3) is 3.91. The van der Waals surface area contributed by atoms with Gasteiger partial charge in [0.05, 0.1) is 35.5 Å². The molecule has 0 aliphatic carbocycles. The van der Waals surface area contributed by atoms with Crippen LogP contribution in [0.5, 0.6) is 5.75 Å². The Morgan fingerprint density at radius 1 is 1.21 bits per heavy atom. The fraction of sp³-hybridized carbons (Fsp3) is 0.391. The number of rotatable bonds is 5. The second kappa shape index (κ2) is 8.60. The Balaban J connectivity index is 1.56. The maximum atomic E-state index is 9.60. The van der Waals surface area contributed by atoms with Crippen molar-refractivity contribution >= 4 is 5.52 Å². The topological polar surface area (TPSA) is 119 Å². The lowest BCUT2D eigenvalue weighted by Crippen LogP contribution is -2.30. The first-order chi connectivity index (χ1) is 16.0. The predicted molar refractivity (Wildman–Crippen MR) is 121 cm³/mol. The molecule has 0 amide bonds. The lowest BCUT2D eigenvalue weighted by Gasteiger charge is -2.23. The summed E-state index contributed by atoms with van der Waals surface area (Å²) in [6, 6.07) is 4.44. The van der Waals surface area contributed by atoms with Crippen LogP contribution >= 0.6 is 0 Å². The minimum Gasteiger partial charge on any atom is -0.482 e. The Morgan fingerprint density at radius 2 is 2.03 bits per heavy atom. The Labute approximate surface area is 191 Å². The molecule has 4 aromatic heterocycles. The quantitative estimate of drug-likeness (QED) is 0.500. The molecule has 5 heterocycles. The Morgan fingerprint density at radius 3 is 2.79 bits per heavy atom. The molecule has 1 aliphatic heterocycles. The van der Waals surface area contributed by atoms with Crippen LogP contribution in [0.3, 0.4) is 0 Å². The zero-order chi connectivity index (χ0) is 22.9. The minimum atomic E-state index is -0.371. The first kappa shape index (κ1) is 21.0. The molecule has 1 saturated heterocycles. The lowest BCUT2D eigenvalue weighted by molar-refractivity contribution is 0.223. The maximum Gasteiger partial charge on any atom is 0.148 e. The van der Waals surface area contributed by atoms with Crippen molar-refractivity contribution in [3.63, 3.8) is 0 Å². The van der Waals surface area contributed by atoms with Gasteiger partial charge in [0.25, 0.3) is 0 Å². The first-order valence-corrected chi connectivity index (χ1v) is 11.0. The Kier molecular flexibility index (Phi) is 5.48. The van der Waals surface area contributed by atoms with Crippen LogP contribution in [0.25, 0.3) is 16.8 Å². The highest BCUT2D eigenvalue weighted by Gasteiger charge is 2.23. The molecule has 1 fully saturated rings. The van der Waals surface area contributed by atoms with Gasteiger partial charge < -0.3 is 10.1 Å². The number of hydrogen-bond donors (Lipinski definition) is 1. The Bertz CT molecular complexity index is 1340. The zero-order valence-electron chi connectivity index (χ0n) is 18.9. The summed E-state index contributed by atoms with van der Waals surface area (Å²) < 4.78 is 10.0. The highest BCUT2D eigenvalue weighted by molar-refractivity contribution is 5.74. The molecule has 0 saturated carbocycles. The Hall–Kier alpha value is -3.84. The SMILES string of the molecule is Cc1cncc(C(C)Oc2cc(-c3nnn(C4CCNCC4)c3C)cn3ncc(C#N)c23)n1. The van der Waals surface area contributed by atoms with E-state index in [1.54, 1.807) is 23.1 Å². The molecule has 0 radical (unpaired) electrons. The van der Waals surface area contributed by atoms with E-state index in [1.807, 2.05) is 37.7 Å². The summed E-state index contributed by atoms with van der Waals surface area (Å²) in [5.41, 5.74) is 5.17. The summed E-state index contributed by atoms with van der Waals surface area (Å²) in [6.45, 7) is 7.80. The van der Waals surface area contributed by atoms with Gasteiger partial charge in [-0.05, 0) is 52.8 Å². The molecular weight excluding hydrogens is 418 g/mol. The highest BCUT2D eigenvalue weighted by atomic mass is 16.5. The van der Waals surface area contributed by atoms with Crippen molar-refractivity contribution < 1.29 is 4.74 Å². The van der Waals surface area contributed by atoms with Crippen LogP contribution in [0.15, 0.2) is 30.9 Å². The van der Waals surface area contributed by atoms with E-state index in [4.69, 9.17) is 4.74 Å². The van der Waals surface area contributed by atoms with E-state index in [1.165, 1.54) is 0 Å². The van der Waals surface area contributed by atoms with E-state index in [0.717, 1.165) is 48.6 Å². The number of piperidine rings is 1. The number of fused-ring (bicyclic) bond motifs is 1. The number of aromatic nitrogens is 7. The molecule has 4 aromatic rings. The first-order valence-electron chi connectivity index (χ1n) is 11.0. The molecule has 10 heteroatoms. The molecule has 1 aliphatic rings. The molecule has 0 bridgehead atoms. The molecule has 1 unspecified atom stereocenters. The van der Waals surface area contributed by atoms with Crippen LogP contribution in [0.4, 0.5) is 0 Å². The van der Waals surface area contributed by atoms with Gasteiger partial charge in [0.1, 0.15) is 34.7 Å². The van der Waals surface area contributed by atoms with Crippen LogP contribution in [-0.4, -0.2) is 47.7 Å². The standard InChI is InChI=1S/C23H25N9O/c1-14-10-26-12-20(28-14)16(3)33-21-8-17(13-31-23(21)18(9-24)11-27-31)22-15(2)32(30-29-22)19-4-6-25-7-5-19/h8,10-13,16,19,25H,4-7H2,1-3H3. The van der Waals surface area contributed by atoms with Crippen LogP contribution in [-0.2, 0) is 0 Å². The fourth-order valence-corrected chi connectivity index (χ4v) is 4.32. The number of hydrogen-bond acceptors (Lipinski definition) is 8. The van der Waals surface area contributed by atoms with E-state index >= 15 is 0 Å². The summed E-state index contributed by atoms with van der Waals surface area (Å²) in [6.07, 6.45) is 8.48. The smallest absolute Gasteiger partial charge is 0.148 e. The van der Waals surface area contributed by atoms with Crippen LogP contribution in [0, 0.1) is 25.2 Å². The van der Waals surface area contributed by atoms with Gasteiger partial charge in [0, 0.05) is 18.0 Å². The van der Waals surface area contributed by atoms with Crippen LogP contribution in [0.1, 0.15) is 54.6 Å². The fourth-order valence-electron chi connectivity index (χ4n) is 4.32. The van der Waals surface area contributed by atoms with Gasteiger partial charge >= 0.3 is 0 Å². The van der Waals surface area contributed by atoms with Gasteiger partial charge in [-0.1, -0.05) is 5.21 Å². The summed E-state index contributed by atoms with van der Waals surface area (Å²) in [5, 5.41) is 26.3. The largest absolute Gasteiger partial charge is 0.482 e. The molecular formula is C23H25N9O. The molecule has 33 heavy (non-hydrogen) atoms. The van der Waals surface area contributed by atoms with Crippen molar-refractivity contribution in [3.05, 3.63) is 53.5 Å². The molecule has 1 N–H and O–H groups in total. The van der Waals surface area contributed by atoms with E-state index in [0.29, 0.717) is 28.6 Å². The van der Waals surface area contributed by atoms with Gasteiger partial charge in [0.15, 0.2) is 0 Å². The average molecular weight is 444 g/mol. The van der Waals surface area contributed by atoms with Crippen LogP contribution in [0.2, 0.25) is 0 Å². The number of nitriles is 1. The number of nitrogens with zero attached hydrogens (tertiary/aromatic N) is 8. The summed E-state index contributed by atoms with van der Waals surface area (Å²) in [4.78, 5) is 8.74. The highest BCUT2D eigenvalue weighted by Crippen LogP contribution is 2.34. The van der Waals surface area contributed by atoms with Crippen molar-refractivity contribution in [1.82, 2.24) is 39.9 Å². The predicted octanol–water partition coefficient (Wildman–Crippen LogP) is 2.94. The van der Waals surface area contributed by atoms with Gasteiger partial charge in [-0.15, -0.1) is 5.10 Å². The van der Waals surface area contributed by atoms with Crippen molar-refractivity contribution in [2.45, 2.75) is 45.8 Å². The van der Waals surface area contributed by atoms with Gasteiger partial charge in [-0.25, -0.2) is 9.20 Å². The number of aryl methyl sites for hydroxylation is 1. The minimum absolute atomic E-state index is 0.335. The molecule has 0 aromatic carbocycles. The molecule has 10 nitrogen and oxygen atoms in total. The van der Waals surface area contributed by atoms with Crippen molar-refractivity contribution in [2.75, 3.05) is 13.1 Å². The second-order valence-corrected chi connectivity index (χ2v) is 8.35. The van der Waals surface area contributed by atoms with Gasteiger partial charge in [-0.3, -0.25) is 9.97 Å². The summed E-state index contributed by atoms with van der Waals surface area (Å²) >= 11 is 0. The second-order valence-electron chi connectivity index (χ2n) is 8.35. The maximum absolute atomic E-state index is 9.60. The zero-order valence-corrected chi connectivity index (χ0v) is 18.9. The number of ether oxygens (including phenoxy) is 1. The normalized spacial score (nSPS) is 15.5. The van der Waals surface area contributed by atoms with Crippen molar-refractivity contribution in [3.8, 4) is 23.1 Å². The average Bonchev–Trinajstić information content (AvgIpc) is 3.43. The molecule has 168 valence electrons. The molecule has 1 atom stereocenters. The van der Waals surface area contributed by atoms with Gasteiger partial charge in [-0.2, -0.15) is 10.4 Å². The summed E-state index contributed by atoms with van der Waals surface area (Å²) in [5.74, 6) is 0.535. The monoisotopic (exact) mass is 443 g/mol. The molecule has 0 spiro atoms. The van der Waals surface area contributed by atoms with E-state index in [2.05, 4.69) is 36.8 Å². The molecule has 5 rings (SSSR count).